The number of amides is 1. The van der Waals surface area contributed by atoms with E-state index in [1.165, 1.54) is 12.1 Å². The maximum Gasteiger partial charge on any atom is 0.287 e. The molecule has 0 bridgehead atoms. The Bertz CT molecular complexity index is 406. The summed E-state index contributed by atoms with van der Waals surface area (Å²) < 4.78 is 38.8. The normalized spacial score (nSPS) is 11.4. The van der Waals surface area contributed by atoms with Gasteiger partial charge in [-0.25, -0.2) is 13.2 Å². The van der Waals surface area contributed by atoms with Crippen LogP contribution in [0.15, 0.2) is 22.7 Å². The summed E-state index contributed by atoms with van der Waals surface area (Å²) in [6.45, 7) is -2.44. The van der Waals surface area contributed by atoms with Gasteiger partial charge in [0.1, 0.15) is 12.4 Å². The third kappa shape index (κ3) is 3.71. The van der Waals surface area contributed by atoms with Crippen LogP contribution < -0.4 is 5.32 Å². The van der Waals surface area contributed by atoms with Gasteiger partial charge in [-0.2, -0.15) is 0 Å². The molecule has 94 valence electrons. The summed E-state index contributed by atoms with van der Waals surface area (Å²) in [4.78, 5) is 11.5. The van der Waals surface area contributed by atoms with E-state index in [2.05, 4.69) is 15.9 Å². The second kappa shape index (κ2) is 5.50. The molecule has 1 rings (SSSR count). The number of carbonyl (C=O) groups excluding carboxylic acids is 1. The zero-order valence-corrected chi connectivity index (χ0v) is 10.1. The van der Waals surface area contributed by atoms with Crippen LogP contribution in [-0.4, -0.2) is 30.1 Å². The van der Waals surface area contributed by atoms with Gasteiger partial charge in [-0.3, -0.25) is 4.79 Å². The van der Waals surface area contributed by atoms with Gasteiger partial charge in [-0.15, -0.1) is 0 Å². The molecule has 0 aliphatic rings. The lowest BCUT2D eigenvalue weighted by molar-refractivity contribution is -0.0462. The maximum absolute atomic E-state index is 13.3. The first kappa shape index (κ1) is 14.0. The van der Waals surface area contributed by atoms with Gasteiger partial charge in [-0.1, -0.05) is 6.07 Å². The third-order valence-electron chi connectivity index (χ3n) is 1.93. The van der Waals surface area contributed by atoms with E-state index >= 15 is 0 Å². The van der Waals surface area contributed by atoms with Crippen molar-refractivity contribution >= 4 is 21.8 Å². The Morgan fingerprint density at radius 2 is 2.12 bits per heavy atom. The van der Waals surface area contributed by atoms with Crippen LogP contribution in [0.25, 0.3) is 0 Å². The molecule has 17 heavy (non-hydrogen) atoms. The molecule has 0 saturated heterocycles. The Kier molecular flexibility index (Phi) is 4.53. The monoisotopic (exact) mass is 311 g/mol. The molecule has 0 aliphatic heterocycles. The van der Waals surface area contributed by atoms with Crippen molar-refractivity contribution in [2.24, 2.45) is 0 Å². The number of rotatable bonds is 4. The fourth-order valence-corrected chi connectivity index (χ4v) is 1.59. The average Bonchev–Trinajstić information content (AvgIpc) is 2.26. The molecule has 1 aromatic rings. The van der Waals surface area contributed by atoms with Crippen LogP contribution in [0.1, 0.15) is 10.4 Å². The number of alkyl halides is 2. The fourth-order valence-electron chi connectivity index (χ4n) is 1.07. The van der Waals surface area contributed by atoms with Gasteiger partial charge in [0.15, 0.2) is 0 Å². The van der Waals surface area contributed by atoms with Crippen LogP contribution in [0, 0.1) is 5.82 Å². The van der Waals surface area contributed by atoms with E-state index in [1.807, 2.05) is 5.32 Å². The predicted octanol–water partition coefficient (Wildman–Crippen LogP) is 1.95. The van der Waals surface area contributed by atoms with Crippen LogP contribution in [0.3, 0.4) is 0 Å². The number of aliphatic hydroxyl groups excluding tert-OH is 1. The van der Waals surface area contributed by atoms with Gasteiger partial charge in [0.25, 0.3) is 11.8 Å². The van der Waals surface area contributed by atoms with E-state index in [1.54, 1.807) is 0 Å². The van der Waals surface area contributed by atoms with Crippen molar-refractivity contribution in [3.05, 3.63) is 34.1 Å². The molecule has 3 nitrogen and oxygen atoms in total. The number of halogens is 4. The SMILES string of the molecule is O=C(NCC(F)(F)CO)c1c(F)cccc1Br. The highest BCUT2D eigenvalue weighted by atomic mass is 79.9. The van der Waals surface area contributed by atoms with Crippen molar-refractivity contribution in [1.29, 1.82) is 0 Å². The Labute approximate surface area is 104 Å². The molecular formula is C10H9BrF3NO2. The van der Waals surface area contributed by atoms with Gasteiger partial charge in [0.2, 0.25) is 0 Å². The lowest BCUT2D eigenvalue weighted by atomic mass is 10.2. The zero-order chi connectivity index (χ0) is 13.1. The largest absolute Gasteiger partial charge is 0.390 e. The Hall–Kier alpha value is -1.08. The van der Waals surface area contributed by atoms with Crippen LogP contribution >= 0.6 is 15.9 Å². The molecule has 0 unspecified atom stereocenters. The third-order valence-corrected chi connectivity index (χ3v) is 2.59. The first-order chi connectivity index (χ1) is 7.87. The molecule has 1 aromatic carbocycles. The van der Waals surface area contributed by atoms with E-state index < -0.39 is 30.8 Å². The predicted molar refractivity (Wildman–Crippen MR) is 58.5 cm³/mol. The number of carbonyl (C=O) groups is 1. The van der Waals surface area contributed by atoms with Crippen LogP contribution in [0.4, 0.5) is 13.2 Å². The summed E-state index contributed by atoms with van der Waals surface area (Å²) in [5.74, 6) is -5.21. The minimum atomic E-state index is -3.42. The second-order valence-corrected chi connectivity index (χ2v) is 4.15. The van der Waals surface area contributed by atoms with Gasteiger partial charge in [0.05, 0.1) is 12.1 Å². The number of hydrogen-bond donors (Lipinski definition) is 2. The van der Waals surface area contributed by atoms with Crippen molar-refractivity contribution in [2.75, 3.05) is 13.2 Å². The highest BCUT2D eigenvalue weighted by Gasteiger charge is 2.29. The van der Waals surface area contributed by atoms with Crippen molar-refractivity contribution in [1.82, 2.24) is 5.32 Å². The molecule has 0 heterocycles. The number of hydrogen-bond acceptors (Lipinski definition) is 2. The summed E-state index contributed by atoms with van der Waals surface area (Å²) in [6, 6.07) is 3.84. The van der Waals surface area contributed by atoms with E-state index in [-0.39, 0.29) is 10.0 Å². The van der Waals surface area contributed by atoms with Gasteiger partial charge in [-0.05, 0) is 28.1 Å². The molecule has 2 N–H and O–H groups in total. The summed E-state index contributed by atoms with van der Waals surface area (Å²) in [6.07, 6.45) is 0. The van der Waals surface area contributed by atoms with Crippen LogP contribution in [0.2, 0.25) is 0 Å². The summed E-state index contributed by atoms with van der Waals surface area (Å²) in [5, 5.41) is 10.2. The van der Waals surface area contributed by atoms with Crippen molar-refractivity contribution in [3.8, 4) is 0 Å². The summed E-state index contributed by atoms with van der Waals surface area (Å²) in [5.41, 5.74) is -0.346. The first-order valence-corrected chi connectivity index (χ1v) is 5.37. The average molecular weight is 312 g/mol. The van der Waals surface area contributed by atoms with Crippen LogP contribution in [-0.2, 0) is 0 Å². The van der Waals surface area contributed by atoms with Gasteiger partial charge in [0, 0.05) is 4.47 Å². The second-order valence-electron chi connectivity index (χ2n) is 3.29. The minimum absolute atomic E-state index is 0.169. The maximum atomic E-state index is 13.3. The topological polar surface area (TPSA) is 49.3 Å². The molecule has 7 heteroatoms. The highest BCUT2D eigenvalue weighted by molar-refractivity contribution is 9.10. The standard InChI is InChI=1S/C10H9BrF3NO2/c11-6-2-1-3-7(12)8(6)9(17)15-4-10(13,14)5-16/h1-3,16H,4-5H2,(H,15,17). The van der Waals surface area contributed by atoms with Crippen molar-refractivity contribution in [3.63, 3.8) is 0 Å². The Morgan fingerprint density at radius 3 is 2.65 bits per heavy atom. The smallest absolute Gasteiger partial charge is 0.287 e. The van der Waals surface area contributed by atoms with E-state index in [0.29, 0.717) is 0 Å². The number of aliphatic hydroxyl groups is 1. The molecule has 0 radical (unpaired) electrons. The Balaban J connectivity index is 2.78. The van der Waals surface area contributed by atoms with Gasteiger partial charge >= 0.3 is 0 Å². The molecule has 1 amide bonds. The molecule has 0 atom stereocenters. The fraction of sp³-hybridized carbons (Fsp3) is 0.300. The lowest BCUT2D eigenvalue weighted by Crippen LogP contribution is -2.39. The highest BCUT2D eigenvalue weighted by Crippen LogP contribution is 2.19. The van der Waals surface area contributed by atoms with E-state index in [0.717, 1.165) is 6.07 Å². The van der Waals surface area contributed by atoms with Crippen molar-refractivity contribution < 1.29 is 23.1 Å². The lowest BCUT2D eigenvalue weighted by Gasteiger charge is -2.14. The first-order valence-electron chi connectivity index (χ1n) is 4.58. The Morgan fingerprint density at radius 1 is 1.47 bits per heavy atom. The minimum Gasteiger partial charge on any atom is -0.390 e. The number of benzene rings is 1. The van der Waals surface area contributed by atoms with Gasteiger partial charge < -0.3 is 10.4 Å². The van der Waals surface area contributed by atoms with Crippen molar-refractivity contribution in [2.45, 2.75) is 5.92 Å². The van der Waals surface area contributed by atoms with Crippen LogP contribution in [0.5, 0.6) is 0 Å². The molecule has 0 saturated carbocycles. The van der Waals surface area contributed by atoms with E-state index in [4.69, 9.17) is 5.11 Å². The molecule has 0 aromatic heterocycles. The number of nitrogens with one attached hydrogen (secondary N) is 1. The summed E-state index contributed by atoms with van der Waals surface area (Å²) in [7, 11) is 0. The van der Waals surface area contributed by atoms with E-state index in [9.17, 15) is 18.0 Å². The zero-order valence-electron chi connectivity index (χ0n) is 8.51. The quantitative estimate of drug-likeness (QED) is 0.893. The molecule has 0 aliphatic carbocycles. The summed E-state index contributed by atoms with van der Waals surface area (Å²) >= 11 is 2.95. The molecular weight excluding hydrogens is 303 g/mol. The molecule has 0 spiro atoms. The molecule has 0 fully saturated rings.